The average molecular weight is 269 g/mol. The number of hydrogen-bond acceptors (Lipinski definition) is 4. The van der Waals surface area contributed by atoms with Crippen LogP contribution in [0.5, 0.6) is 0 Å². The van der Waals surface area contributed by atoms with Gasteiger partial charge in [0.25, 0.3) is 0 Å². The fraction of sp³-hybridized carbons (Fsp3) is 0.846. The number of carbonyl (C=O) groups excluding carboxylic acids is 2. The molecule has 2 fully saturated rings. The number of nitrogens with one attached hydrogen (secondary N) is 1. The highest BCUT2D eigenvalue weighted by molar-refractivity contribution is 5.85. The second kappa shape index (κ2) is 6.34. The molecule has 0 aromatic heterocycles. The third-order valence-corrected chi connectivity index (χ3v) is 3.80. The summed E-state index contributed by atoms with van der Waals surface area (Å²) in [6.45, 7) is 1.35. The summed E-state index contributed by atoms with van der Waals surface area (Å²) in [5.74, 6) is -0.148. The number of rotatable bonds is 6. The Bertz CT molecular complexity index is 344. The van der Waals surface area contributed by atoms with Crippen molar-refractivity contribution in [2.24, 2.45) is 0 Å². The van der Waals surface area contributed by atoms with Gasteiger partial charge in [0.15, 0.2) is 0 Å². The molecule has 1 saturated carbocycles. The molecule has 108 valence electrons. The molecule has 0 radical (unpaired) electrons. The number of aliphatic hydroxyl groups excluding tert-OH is 1. The summed E-state index contributed by atoms with van der Waals surface area (Å²) in [6, 6.07) is 0.422. The van der Waals surface area contributed by atoms with E-state index < -0.39 is 0 Å². The smallest absolute Gasteiger partial charge is 0.239 e. The predicted octanol–water partition coefficient (Wildman–Crippen LogP) is -0.820. The van der Waals surface area contributed by atoms with Gasteiger partial charge < -0.3 is 15.3 Å². The van der Waals surface area contributed by atoms with Gasteiger partial charge in [0, 0.05) is 19.1 Å². The molecule has 1 atom stereocenters. The van der Waals surface area contributed by atoms with E-state index in [9.17, 15) is 14.7 Å². The normalized spacial score (nSPS) is 23.4. The lowest BCUT2D eigenvalue weighted by Gasteiger charge is -2.25. The van der Waals surface area contributed by atoms with Crippen LogP contribution >= 0.6 is 0 Å². The number of amides is 2. The first-order valence-corrected chi connectivity index (χ1v) is 6.98. The van der Waals surface area contributed by atoms with E-state index in [0.29, 0.717) is 12.6 Å². The number of likely N-dealkylation sites (N-methyl/N-ethyl adjacent to an activating group) is 1. The van der Waals surface area contributed by atoms with Gasteiger partial charge in [-0.15, -0.1) is 0 Å². The molecule has 1 saturated heterocycles. The summed E-state index contributed by atoms with van der Waals surface area (Å²) >= 11 is 0. The molecule has 0 unspecified atom stereocenters. The molecule has 2 amide bonds. The molecule has 2 rings (SSSR count). The fourth-order valence-electron chi connectivity index (χ4n) is 2.41. The van der Waals surface area contributed by atoms with E-state index in [1.54, 1.807) is 7.05 Å². The van der Waals surface area contributed by atoms with Crippen molar-refractivity contribution in [2.75, 3.05) is 33.3 Å². The number of nitrogens with zero attached hydrogens (tertiary/aromatic N) is 2. The van der Waals surface area contributed by atoms with Crippen molar-refractivity contribution < 1.29 is 14.7 Å². The molecule has 0 spiro atoms. The minimum absolute atomic E-state index is 0.0636. The van der Waals surface area contributed by atoms with E-state index in [2.05, 4.69) is 5.32 Å². The van der Waals surface area contributed by atoms with Crippen molar-refractivity contribution >= 4 is 11.8 Å². The minimum Gasteiger partial charge on any atom is -0.395 e. The Morgan fingerprint density at radius 3 is 2.74 bits per heavy atom. The topological polar surface area (TPSA) is 72.9 Å². The van der Waals surface area contributed by atoms with Crippen LogP contribution < -0.4 is 5.32 Å². The van der Waals surface area contributed by atoms with Crippen LogP contribution in [-0.4, -0.2) is 72.1 Å². The summed E-state index contributed by atoms with van der Waals surface area (Å²) in [5.41, 5.74) is 0. The van der Waals surface area contributed by atoms with E-state index in [1.165, 1.54) is 4.90 Å². The van der Waals surface area contributed by atoms with Crippen LogP contribution in [-0.2, 0) is 9.59 Å². The third-order valence-electron chi connectivity index (χ3n) is 3.80. The zero-order chi connectivity index (χ0) is 13.8. The molecule has 0 aromatic rings. The molecule has 19 heavy (non-hydrogen) atoms. The maximum absolute atomic E-state index is 12.0. The SMILES string of the molecule is CN(CC(=O)NC1CC1)C(=O)CN1CCC[C@@H]1CO. The summed E-state index contributed by atoms with van der Waals surface area (Å²) in [5, 5.41) is 12.1. The number of carbonyl (C=O) groups is 2. The molecular formula is C13H23N3O3. The molecule has 6 heteroatoms. The predicted molar refractivity (Wildman–Crippen MR) is 70.5 cm³/mol. The highest BCUT2D eigenvalue weighted by Gasteiger charge is 2.28. The monoisotopic (exact) mass is 269 g/mol. The van der Waals surface area contributed by atoms with E-state index in [-0.39, 0.29) is 31.0 Å². The van der Waals surface area contributed by atoms with Gasteiger partial charge in [0.2, 0.25) is 11.8 Å². The maximum Gasteiger partial charge on any atom is 0.239 e. The minimum atomic E-state index is -0.0847. The van der Waals surface area contributed by atoms with Crippen LogP contribution in [0.2, 0.25) is 0 Å². The van der Waals surface area contributed by atoms with Crippen molar-refractivity contribution in [3.63, 3.8) is 0 Å². The Labute approximate surface area is 113 Å². The molecule has 0 aromatic carbocycles. The third kappa shape index (κ3) is 4.18. The first kappa shape index (κ1) is 14.3. The largest absolute Gasteiger partial charge is 0.395 e. The van der Waals surface area contributed by atoms with Crippen LogP contribution in [0.3, 0.4) is 0 Å². The van der Waals surface area contributed by atoms with Crippen LogP contribution in [0, 0.1) is 0 Å². The Hall–Kier alpha value is -1.14. The Morgan fingerprint density at radius 2 is 2.11 bits per heavy atom. The Kier molecular flexibility index (Phi) is 4.76. The van der Waals surface area contributed by atoms with E-state index >= 15 is 0 Å². The number of likely N-dealkylation sites (tertiary alicyclic amines) is 1. The zero-order valence-corrected chi connectivity index (χ0v) is 11.5. The van der Waals surface area contributed by atoms with Gasteiger partial charge in [-0.1, -0.05) is 0 Å². The summed E-state index contributed by atoms with van der Waals surface area (Å²) in [7, 11) is 1.65. The summed E-state index contributed by atoms with van der Waals surface area (Å²) in [6.07, 6.45) is 4.06. The van der Waals surface area contributed by atoms with Gasteiger partial charge in [0.1, 0.15) is 0 Å². The first-order chi connectivity index (χ1) is 9.10. The highest BCUT2D eigenvalue weighted by Crippen LogP contribution is 2.18. The molecule has 2 aliphatic rings. The van der Waals surface area contributed by atoms with Crippen molar-refractivity contribution in [3.8, 4) is 0 Å². The van der Waals surface area contributed by atoms with Crippen LogP contribution in [0.15, 0.2) is 0 Å². The fourth-order valence-corrected chi connectivity index (χ4v) is 2.41. The second-order valence-corrected chi connectivity index (χ2v) is 5.54. The molecular weight excluding hydrogens is 246 g/mol. The highest BCUT2D eigenvalue weighted by atomic mass is 16.3. The maximum atomic E-state index is 12.0. The second-order valence-electron chi connectivity index (χ2n) is 5.54. The van der Waals surface area contributed by atoms with Crippen molar-refractivity contribution in [3.05, 3.63) is 0 Å². The molecule has 0 bridgehead atoms. The van der Waals surface area contributed by atoms with Crippen molar-refractivity contribution in [2.45, 2.75) is 37.8 Å². The summed E-state index contributed by atoms with van der Waals surface area (Å²) in [4.78, 5) is 27.1. The first-order valence-electron chi connectivity index (χ1n) is 6.98. The lowest BCUT2D eigenvalue weighted by Crippen LogP contribution is -2.45. The van der Waals surface area contributed by atoms with Gasteiger partial charge in [-0.25, -0.2) is 0 Å². The van der Waals surface area contributed by atoms with Crippen molar-refractivity contribution in [1.82, 2.24) is 15.1 Å². The lowest BCUT2D eigenvalue weighted by molar-refractivity contribution is -0.135. The van der Waals surface area contributed by atoms with E-state index in [4.69, 9.17) is 0 Å². The van der Waals surface area contributed by atoms with E-state index in [0.717, 1.165) is 32.2 Å². The van der Waals surface area contributed by atoms with Crippen LogP contribution in [0.25, 0.3) is 0 Å². The average Bonchev–Trinajstić information content (AvgIpc) is 3.06. The Balaban J connectivity index is 1.73. The molecule has 1 aliphatic heterocycles. The molecule has 1 heterocycles. The standard InChI is InChI=1S/C13H23N3O3/c1-15(7-12(18)14-10-4-5-10)13(19)8-16-6-2-3-11(16)9-17/h10-11,17H,2-9H2,1H3,(H,14,18)/t11-/m1/s1. The van der Waals surface area contributed by atoms with Gasteiger partial charge in [-0.05, 0) is 32.2 Å². The lowest BCUT2D eigenvalue weighted by atomic mass is 10.2. The number of hydrogen-bond donors (Lipinski definition) is 2. The van der Waals surface area contributed by atoms with Gasteiger partial charge in [-0.2, -0.15) is 0 Å². The molecule has 2 N–H and O–H groups in total. The van der Waals surface area contributed by atoms with Gasteiger partial charge >= 0.3 is 0 Å². The molecule has 6 nitrogen and oxygen atoms in total. The number of aliphatic hydroxyl groups is 1. The van der Waals surface area contributed by atoms with E-state index in [1.807, 2.05) is 4.90 Å². The molecule has 1 aliphatic carbocycles. The zero-order valence-electron chi connectivity index (χ0n) is 11.5. The van der Waals surface area contributed by atoms with Crippen molar-refractivity contribution in [1.29, 1.82) is 0 Å². The van der Waals surface area contributed by atoms with Gasteiger partial charge in [-0.3, -0.25) is 14.5 Å². The van der Waals surface area contributed by atoms with Crippen LogP contribution in [0.4, 0.5) is 0 Å². The quantitative estimate of drug-likeness (QED) is 0.661. The Morgan fingerprint density at radius 1 is 1.37 bits per heavy atom. The summed E-state index contributed by atoms with van der Waals surface area (Å²) < 4.78 is 0. The van der Waals surface area contributed by atoms with Gasteiger partial charge in [0.05, 0.1) is 19.7 Å². The van der Waals surface area contributed by atoms with Crippen LogP contribution in [0.1, 0.15) is 25.7 Å².